The summed E-state index contributed by atoms with van der Waals surface area (Å²) in [6.45, 7) is 1.13. The summed E-state index contributed by atoms with van der Waals surface area (Å²) in [6, 6.07) is 0.923. The molecule has 0 fully saturated rings. The number of hydrogen-bond acceptors (Lipinski definition) is 4. The van der Waals surface area contributed by atoms with Crippen LogP contribution in [-0.4, -0.2) is 17.9 Å². The van der Waals surface area contributed by atoms with Gasteiger partial charge in [-0.05, 0) is 19.1 Å². The molecule has 0 unspecified atom stereocenters. The lowest BCUT2D eigenvalue weighted by molar-refractivity contribution is -0.389. The minimum absolute atomic E-state index is 0.211. The van der Waals surface area contributed by atoms with Gasteiger partial charge in [-0.1, -0.05) is 0 Å². The maximum Gasteiger partial charge on any atom is 0.573 e. The summed E-state index contributed by atoms with van der Waals surface area (Å²) in [5, 5.41) is 10.8. The molecule has 0 atom stereocenters. The van der Waals surface area contributed by atoms with E-state index in [2.05, 4.69) is 9.47 Å². The molecule has 0 bridgehead atoms. The van der Waals surface area contributed by atoms with E-state index < -0.39 is 40.2 Å². The molecule has 0 aromatic heterocycles. The zero-order valence-electron chi connectivity index (χ0n) is 10.2. The van der Waals surface area contributed by atoms with Crippen LogP contribution < -0.4 is 9.47 Å². The highest BCUT2D eigenvalue weighted by molar-refractivity contribution is 5.60. The van der Waals surface area contributed by atoms with Gasteiger partial charge in [0.25, 0.3) is 0 Å². The van der Waals surface area contributed by atoms with E-state index in [1.807, 2.05) is 0 Å². The zero-order valence-corrected chi connectivity index (χ0v) is 10.2. The molecule has 0 heterocycles. The molecule has 0 N–H and O–H groups in total. The quantitative estimate of drug-likeness (QED) is 0.479. The standard InChI is InChI=1S/C10H7F6NO4/c1-2-20-6-4-3-5(21-10(14,15)16)7(9(11,12)13)8(6)17(18)19/h3-4H,2H2,1H3. The van der Waals surface area contributed by atoms with E-state index in [1.165, 1.54) is 6.92 Å². The summed E-state index contributed by atoms with van der Waals surface area (Å²) in [4.78, 5) is 9.30. The summed E-state index contributed by atoms with van der Waals surface area (Å²) in [5.74, 6) is -2.52. The molecule has 0 aliphatic carbocycles. The number of alkyl halides is 6. The highest BCUT2D eigenvalue weighted by atomic mass is 19.4. The lowest BCUT2D eigenvalue weighted by Gasteiger charge is -2.16. The molecule has 5 nitrogen and oxygen atoms in total. The minimum Gasteiger partial charge on any atom is -0.487 e. The van der Waals surface area contributed by atoms with Crippen molar-refractivity contribution in [2.24, 2.45) is 0 Å². The first kappa shape index (κ1) is 16.9. The summed E-state index contributed by atoms with van der Waals surface area (Å²) < 4.78 is 82.7. The maximum atomic E-state index is 12.9. The van der Waals surface area contributed by atoms with Crippen molar-refractivity contribution in [1.29, 1.82) is 0 Å². The van der Waals surface area contributed by atoms with E-state index in [4.69, 9.17) is 0 Å². The Hall–Kier alpha value is -2.20. The van der Waals surface area contributed by atoms with Crippen molar-refractivity contribution in [3.8, 4) is 11.5 Å². The Bertz CT molecular complexity index is 540. The van der Waals surface area contributed by atoms with Crippen LogP contribution in [0, 0.1) is 10.1 Å². The van der Waals surface area contributed by atoms with Crippen molar-refractivity contribution in [2.75, 3.05) is 6.61 Å². The third-order valence-corrected chi connectivity index (χ3v) is 2.09. The minimum atomic E-state index is -5.43. The SMILES string of the molecule is CCOc1ccc(OC(F)(F)F)c(C(F)(F)F)c1[N+](=O)[O-]. The molecule has 0 aliphatic heterocycles. The molecule has 118 valence electrons. The van der Waals surface area contributed by atoms with Gasteiger partial charge in [0.05, 0.1) is 11.5 Å². The van der Waals surface area contributed by atoms with E-state index in [0.717, 1.165) is 0 Å². The Kier molecular flexibility index (Phi) is 4.54. The number of ether oxygens (including phenoxy) is 2. The van der Waals surface area contributed by atoms with Gasteiger partial charge in [-0.2, -0.15) is 13.2 Å². The lowest BCUT2D eigenvalue weighted by atomic mass is 10.1. The molecule has 0 saturated carbocycles. The molecule has 21 heavy (non-hydrogen) atoms. The molecular formula is C10H7F6NO4. The van der Waals surface area contributed by atoms with Gasteiger partial charge in [-0.15, -0.1) is 13.2 Å². The number of hydrogen-bond donors (Lipinski definition) is 0. The first-order valence-corrected chi connectivity index (χ1v) is 5.24. The Morgan fingerprint density at radius 1 is 1.14 bits per heavy atom. The van der Waals surface area contributed by atoms with Crippen LogP contribution >= 0.6 is 0 Å². The zero-order chi connectivity index (χ0) is 16.4. The second-order valence-corrected chi connectivity index (χ2v) is 3.52. The first-order valence-electron chi connectivity index (χ1n) is 5.24. The molecule has 0 radical (unpaired) electrons. The van der Waals surface area contributed by atoms with Crippen LogP contribution in [0.3, 0.4) is 0 Å². The van der Waals surface area contributed by atoms with E-state index in [0.29, 0.717) is 12.1 Å². The van der Waals surface area contributed by atoms with Gasteiger partial charge in [0.1, 0.15) is 5.75 Å². The monoisotopic (exact) mass is 319 g/mol. The van der Waals surface area contributed by atoms with Crippen LogP contribution in [0.2, 0.25) is 0 Å². The first-order chi connectivity index (χ1) is 9.47. The number of nitro benzene ring substituents is 1. The summed E-state index contributed by atoms with van der Waals surface area (Å²) >= 11 is 0. The molecule has 0 spiro atoms. The van der Waals surface area contributed by atoms with Crippen LogP contribution in [0.15, 0.2) is 12.1 Å². The van der Waals surface area contributed by atoms with Gasteiger partial charge in [0.2, 0.25) is 0 Å². The Balaban J connectivity index is 3.61. The predicted octanol–water partition coefficient (Wildman–Crippen LogP) is 3.91. The summed E-state index contributed by atoms with van der Waals surface area (Å²) in [7, 11) is 0. The molecule has 0 amide bonds. The fourth-order valence-corrected chi connectivity index (χ4v) is 1.49. The molecule has 1 rings (SSSR count). The largest absolute Gasteiger partial charge is 0.573 e. The topological polar surface area (TPSA) is 61.6 Å². The second-order valence-electron chi connectivity index (χ2n) is 3.52. The second kappa shape index (κ2) is 5.66. The highest BCUT2D eigenvalue weighted by Crippen LogP contribution is 2.47. The van der Waals surface area contributed by atoms with Gasteiger partial charge in [0, 0.05) is 0 Å². The lowest BCUT2D eigenvalue weighted by Crippen LogP contribution is -2.21. The van der Waals surface area contributed by atoms with Crippen molar-refractivity contribution in [3.63, 3.8) is 0 Å². The predicted molar refractivity (Wildman–Crippen MR) is 56.0 cm³/mol. The van der Waals surface area contributed by atoms with Crippen molar-refractivity contribution in [1.82, 2.24) is 0 Å². The molecule has 0 aliphatic rings. The number of nitrogens with zero attached hydrogens (tertiary/aromatic N) is 1. The van der Waals surface area contributed by atoms with Crippen LogP contribution in [0.4, 0.5) is 32.0 Å². The fourth-order valence-electron chi connectivity index (χ4n) is 1.49. The van der Waals surface area contributed by atoms with Crippen molar-refractivity contribution < 1.29 is 40.7 Å². The van der Waals surface area contributed by atoms with Crippen LogP contribution in [-0.2, 0) is 6.18 Å². The van der Waals surface area contributed by atoms with Crippen molar-refractivity contribution in [2.45, 2.75) is 19.5 Å². The van der Waals surface area contributed by atoms with Gasteiger partial charge >= 0.3 is 18.2 Å². The van der Waals surface area contributed by atoms with Crippen LogP contribution in [0.1, 0.15) is 12.5 Å². The molecule has 11 heteroatoms. The Morgan fingerprint density at radius 3 is 2.05 bits per heavy atom. The molecular weight excluding hydrogens is 312 g/mol. The summed E-state index contributed by atoms with van der Waals surface area (Å²) in [6.07, 6.45) is -10.9. The third kappa shape index (κ3) is 4.13. The van der Waals surface area contributed by atoms with Crippen molar-refractivity contribution >= 4 is 5.69 Å². The molecule has 0 saturated heterocycles. The van der Waals surface area contributed by atoms with E-state index in [9.17, 15) is 36.5 Å². The van der Waals surface area contributed by atoms with E-state index in [-0.39, 0.29) is 6.61 Å². The fraction of sp³-hybridized carbons (Fsp3) is 0.400. The maximum absolute atomic E-state index is 12.9. The normalized spacial score (nSPS) is 12.1. The van der Waals surface area contributed by atoms with Gasteiger partial charge < -0.3 is 9.47 Å². The van der Waals surface area contributed by atoms with E-state index >= 15 is 0 Å². The molecule has 1 aromatic rings. The van der Waals surface area contributed by atoms with Crippen LogP contribution in [0.25, 0.3) is 0 Å². The third-order valence-electron chi connectivity index (χ3n) is 2.09. The van der Waals surface area contributed by atoms with Crippen LogP contribution in [0.5, 0.6) is 11.5 Å². The smallest absolute Gasteiger partial charge is 0.487 e. The van der Waals surface area contributed by atoms with Gasteiger partial charge in [-0.3, -0.25) is 10.1 Å². The highest BCUT2D eigenvalue weighted by Gasteiger charge is 2.46. The van der Waals surface area contributed by atoms with Gasteiger partial charge in [0.15, 0.2) is 11.3 Å². The average Bonchev–Trinajstić information content (AvgIpc) is 2.27. The number of nitro groups is 1. The summed E-state index contributed by atoms with van der Waals surface area (Å²) in [5.41, 5.74) is -3.79. The Morgan fingerprint density at radius 2 is 1.67 bits per heavy atom. The number of benzene rings is 1. The Labute approximate surface area is 113 Å². The number of halogens is 6. The van der Waals surface area contributed by atoms with Crippen molar-refractivity contribution in [3.05, 3.63) is 27.8 Å². The van der Waals surface area contributed by atoms with E-state index in [1.54, 1.807) is 0 Å². The molecule has 1 aromatic carbocycles. The van der Waals surface area contributed by atoms with Gasteiger partial charge in [-0.25, -0.2) is 0 Å². The average molecular weight is 319 g/mol. The number of rotatable bonds is 4.